The van der Waals surface area contributed by atoms with Gasteiger partial charge in [0.15, 0.2) is 0 Å². The minimum absolute atomic E-state index is 0.714. The molecule has 2 aliphatic rings. The first-order valence-electron chi connectivity index (χ1n) is 8.78. The maximum absolute atomic E-state index is 3.88. The van der Waals surface area contributed by atoms with Gasteiger partial charge in [-0.15, -0.1) is 11.3 Å². The number of nitrogens with zero attached hydrogens (tertiary/aromatic N) is 1. The highest BCUT2D eigenvalue weighted by atomic mass is 32.1. The molecule has 1 aromatic heterocycles. The molecule has 1 saturated carbocycles. The fourth-order valence-corrected chi connectivity index (χ4v) is 5.01. The third-order valence-corrected chi connectivity index (χ3v) is 6.58. The highest BCUT2D eigenvalue weighted by Gasteiger charge is 2.32. The number of piperazine rings is 1. The third kappa shape index (κ3) is 3.69. The van der Waals surface area contributed by atoms with Crippen molar-refractivity contribution in [2.24, 2.45) is 5.92 Å². The molecule has 0 bridgehead atoms. The van der Waals surface area contributed by atoms with Gasteiger partial charge in [-0.1, -0.05) is 26.2 Å². The Labute approximate surface area is 133 Å². The van der Waals surface area contributed by atoms with E-state index in [-0.39, 0.29) is 0 Å². The van der Waals surface area contributed by atoms with Crippen molar-refractivity contribution in [1.82, 2.24) is 10.2 Å². The summed E-state index contributed by atoms with van der Waals surface area (Å²) in [7, 11) is 0. The van der Waals surface area contributed by atoms with Crippen LogP contribution < -0.4 is 5.32 Å². The second-order valence-corrected chi connectivity index (χ2v) is 7.93. The molecule has 3 heteroatoms. The molecule has 21 heavy (non-hydrogen) atoms. The van der Waals surface area contributed by atoms with E-state index in [0.717, 1.165) is 18.5 Å². The second kappa shape index (κ2) is 7.26. The zero-order valence-electron chi connectivity index (χ0n) is 13.6. The van der Waals surface area contributed by atoms with Crippen LogP contribution in [0.4, 0.5) is 0 Å². The van der Waals surface area contributed by atoms with E-state index in [9.17, 15) is 0 Å². The van der Waals surface area contributed by atoms with Gasteiger partial charge in [-0.2, -0.15) is 0 Å². The van der Waals surface area contributed by atoms with Crippen LogP contribution in [0.25, 0.3) is 0 Å². The van der Waals surface area contributed by atoms with Crippen molar-refractivity contribution in [2.45, 2.75) is 71.0 Å². The van der Waals surface area contributed by atoms with Crippen molar-refractivity contribution < 1.29 is 0 Å². The molecule has 1 aliphatic heterocycles. The van der Waals surface area contributed by atoms with Gasteiger partial charge in [0, 0.05) is 36.6 Å². The van der Waals surface area contributed by atoms with Gasteiger partial charge in [0.05, 0.1) is 0 Å². The van der Waals surface area contributed by atoms with Crippen molar-refractivity contribution in [3.63, 3.8) is 0 Å². The van der Waals surface area contributed by atoms with E-state index in [4.69, 9.17) is 0 Å². The Bertz CT molecular complexity index is 436. The molecule has 2 nitrogen and oxygen atoms in total. The number of thiophene rings is 1. The summed E-state index contributed by atoms with van der Waals surface area (Å²) >= 11 is 1.93. The van der Waals surface area contributed by atoms with E-state index in [2.05, 4.69) is 35.5 Å². The lowest BCUT2D eigenvalue weighted by atomic mass is 9.82. The molecule has 0 aromatic carbocycles. The van der Waals surface area contributed by atoms with Crippen molar-refractivity contribution in [3.8, 4) is 0 Å². The molecule has 0 spiro atoms. The average molecular weight is 307 g/mol. The SMILES string of the molecule is CCC1CNC(C2CCCCC2)CN1Cc1sccc1C. The molecular weight excluding hydrogens is 276 g/mol. The van der Waals surface area contributed by atoms with E-state index in [1.54, 1.807) is 4.88 Å². The van der Waals surface area contributed by atoms with Crippen molar-refractivity contribution in [2.75, 3.05) is 13.1 Å². The van der Waals surface area contributed by atoms with Crippen LogP contribution in [0.2, 0.25) is 0 Å². The van der Waals surface area contributed by atoms with E-state index in [0.29, 0.717) is 6.04 Å². The lowest BCUT2D eigenvalue weighted by Crippen LogP contribution is -2.58. The van der Waals surface area contributed by atoms with Crippen molar-refractivity contribution in [3.05, 3.63) is 21.9 Å². The molecule has 2 atom stereocenters. The number of nitrogens with one attached hydrogen (secondary N) is 1. The average Bonchev–Trinajstić information content (AvgIpc) is 2.93. The van der Waals surface area contributed by atoms with E-state index >= 15 is 0 Å². The summed E-state index contributed by atoms with van der Waals surface area (Å²) < 4.78 is 0. The Morgan fingerprint density at radius 2 is 2.10 bits per heavy atom. The minimum Gasteiger partial charge on any atom is -0.311 e. The van der Waals surface area contributed by atoms with E-state index in [1.807, 2.05) is 11.3 Å². The predicted octanol–water partition coefficient (Wildman–Crippen LogP) is 4.19. The molecule has 0 radical (unpaired) electrons. The van der Waals surface area contributed by atoms with E-state index in [1.165, 1.54) is 57.2 Å². The number of hydrogen-bond acceptors (Lipinski definition) is 3. The van der Waals surface area contributed by atoms with Gasteiger partial charge in [0.2, 0.25) is 0 Å². The Kier molecular flexibility index (Phi) is 5.36. The normalized spacial score (nSPS) is 28.9. The Hall–Kier alpha value is -0.380. The molecule has 1 N–H and O–H groups in total. The van der Waals surface area contributed by atoms with Crippen LogP contribution in [0.3, 0.4) is 0 Å². The fourth-order valence-electron chi connectivity index (χ4n) is 4.08. The van der Waals surface area contributed by atoms with Gasteiger partial charge in [-0.05, 0) is 49.1 Å². The lowest BCUT2D eigenvalue weighted by molar-refractivity contribution is 0.0881. The molecule has 0 amide bonds. The maximum Gasteiger partial charge on any atom is 0.0334 e. The summed E-state index contributed by atoms with van der Waals surface area (Å²) in [4.78, 5) is 4.33. The lowest BCUT2D eigenvalue weighted by Gasteiger charge is -2.43. The molecule has 1 saturated heterocycles. The zero-order chi connectivity index (χ0) is 14.7. The summed E-state index contributed by atoms with van der Waals surface area (Å²) in [6.45, 7) is 8.19. The van der Waals surface area contributed by atoms with Gasteiger partial charge in [-0.25, -0.2) is 0 Å². The summed E-state index contributed by atoms with van der Waals surface area (Å²) in [6.07, 6.45) is 8.50. The number of rotatable bonds is 4. The predicted molar refractivity (Wildman–Crippen MR) is 91.9 cm³/mol. The summed E-state index contributed by atoms with van der Waals surface area (Å²) in [5, 5.41) is 6.12. The van der Waals surface area contributed by atoms with Gasteiger partial charge in [0.25, 0.3) is 0 Å². The van der Waals surface area contributed by atoms with Crippen molar-refractivity contribution >= 4 is 11.3 Å². The molecule has 3 rings (SSSR count). The molecule has 1 aromatic rings. The van der Waals surface area contributed by atoms with Crippen LogP contribution in [0.5, 0.6) is 0 Å². The number of aryl methyl sites for hydroxylation is 1. The fraction of sp³-hybridized carbons (Fsp3) is 0.778. The molecule has 2 unspecified atom stereocenters. The highest BCUT2D eigenvalue weighted by molar-refractivity contribution is 7.10. The molecular formula is C18H30N2S. The van der Waals surface area contributed by atoms with Crippen LogP contribution >= 0.6 is 11.3 Å². The standard InChI is InChI=1S/C18H30N2S/c1-3-16-11-19-17(15-7-5-4-6-8-15)12-20(16)13-18-14(2)9-10-21-18/h9-10,15-17,19H,3-8,11-13H2,1-2H3. The maximum atomic E-state index is 3.88. The minimum atomic E-state index is 0.714. The number of hydrogen-bond donors (Lipinski definition) is 1. The topological polar surface area (TPSA) is 15.3 Å². The van der Waals surface area contributed by atoms with E-state index < -0.39 is 0 Å². The summed E-state index contributed by atoms with van der Waals surface area (Å²) in [5.41, 5.74) is 1.47. The highest BCUT2D eigenvalue weighted by Crippen LogP contribution is 2.30. The van der Waals surface area contributed by atoms with Crippen LogP contribution in [0.1, 0.15) is 55.9 Å². The smallest absolute Gasteiger partial charge is 0.0334 e. The largest absolute Gasteiger partial charge is 0.311 e. The summed E-state index contributed by atoms with van der Waals surface area (Å²) in [5.74, 6) is 0.920. The Morgan fingerprint density at radius 3 is 2.76 bits per heavy atom. The monoisotopic (exact) mass is 306 g/mol. The van der Waals surface area contributed by atoms with Crippen LogP contribution in [0.15, 0.2) is 11.4 Å². The Balaban J connectivity index is 1.65. The molecule has 118 valence electrons. The first kappa shape index (κ1) is 15.5. The summed E-state index contributed by atoms with van der Waals surface area (Å²) in [6, 6.07) is 3.71. The van der Waals surface area contributed by atoms with Crippen molar-refractivity contribution in [1.29, 1.82) is 0 Å². The third-order valence-electron chi connectivity index (χ3n) is 5.57. The molecule has 2 heterocycles. The van der Waals surface area contributed by atoms with Gasteiger partial charge < -0.3 is 5.32 Å². The first-order valence-corrected chi connectivity index (χ1v) is 9.66. The molecule has 2 fully saturated rings. The quantitative estimate of drug-likeness (QED) is 0.897. The Morgan fingerprint density at radius 1 is 1.29 bits per heavy atom. The second-order valence-electron chi connectivity index (χ2n) is 6.93. The van der Waals surface area contributed by atoms with Crippen LogP contribution in [-0.4, -0.2) is 30.1 Å². The molecule has 1 aliphatic carbocycles. The van der Waals surface area contributed by atoms with Gasteiger partial charge in [-0.3, -0.25) is 4.90 Å². The zero-order valence-corrected chi connectivity index (χ0v) is 14.4. The first-order chi connectivity index (χ1) is 10.3. The van der Waals surface area contributed by atoms with Gasteiger partial charge >= 0.3 is 0 Å². The van der Waals surface area contributed by atoms with Crippen LogP contribution in [0, 0.1) is 12.8 Å². The van der Waals surface area contributed by atoms with Gasteiger partial charge in [0.1, 0.15) is 0 Å². The van der Waals surface area contributed by atoms with Crippen LogP contribution in [-0.2, 0) is 6.54 Å².